The first-order chi connectivity index (χ1) is 17.9. The average Bonchev–Trinajstić information content (AvgIpc) is 2.84. The van der Waals surface area contributed by atoms with Crippen LogP contribution in [0.2, 0.25) is 0 Å². The predicted molar refractivity (Wildman–Crippen MR) is 135 cm³/mol. The highest BCUT2D eigenvalue weighted by molar-refractivity contribution is 7.88. The molecule has 15 heteroatoms. The Kier molecular flexibility index (Phi) is 9.73. The monoisotopic (exact) mass is 560 g/mol. The largest absolute Gasteiger partial charge is 0.495 e. The van der Waals surface area contributed by atoms with E-state index in [0.29, 0.717) is 37.8 Å². The number of methoxy groups -OCH3 is 2. The van der Waals surface area contributed by atoms with Gasteiger partial charge in [-0.3, -0.25) is 4.79 Å². The van der Waals surface area contributed by atoms with Crippen LogP contribution < -0.4 is 25.4 Å². The Morgan fingerprint density at radius 3 is 2.50 bits per heavy atom. The van der Waals surface area contributed by atoms with Crippen molar-refractivity contribution in [3.8, 4) is 5.75 Å². The van der Waals surface area contributed by atoms with Gasteiger partial charge in [0.2, 0.25) is 16.0 Å². The first-order valence-electron chi connectivity index (χ1n) is 11.8. The van der Waals surface area contributed by atoms with Crippen molar-refractivity contribution in [1.29, 1.82) is 0 Å². The molecule has 1 aliphatic rings. The lowest BCUT2D eigenvalue weighted by molar-refractivity contribution is -0.137. The molecule has 0 spiro atoms. The molecule has 1 saturated carbocycles. The quantitative estimate of drug-likeness (QED) is 0.305. The highest BCUT2D eigenvalue weighted by Gasteiger charge is 2.37. The number of halogens is 3. The summed E-state index contributed by atoms with van der Waals surface area (Å²) in [6.45, 7) is 0.612. The minimum Gasteiger partial charge on any atom is -0.495 e. The minimum absolute atomic E-state index is 0.181. The van der Waals surface area contributed by atoms with E-state index in [2.05, 4.69) is 30.6 Å². The van der Waals surface area contributed by atoms with Crippen LogP contribution >= 0.6 is 0 Å². The van der Waals surface area contributed by atoms with Crippen LogP contribution in [0.4, 0.5) is 30.6 Å². The fourth-order valence-electron chi connectivity index (χ4n) is 4.09. The predicted octanol–water partition coefficient (Wildman–Crippen LogP) is 2.90. The average molecular weight is 561 g/mol. The zero-order valence-electron chi connectivity index (χ0n) is 21.2. The smallest absolute Gasteiger partial charge is 0.421 e. The summed E-state index contributed by atoms with van der Waals surface area (Å²) in [5, 5.41) is 8.30. The lowest BCUT2D eigenvalue weighted by Crippen LogP contribution is -2.48. The topological polar surface area (TPSA) is 144 Å². The molecule has 0 radical (unpaired) electrons. The van der Waals surface area contributed by atoms with Crippen molar-refractivity contribution in [1.82, 2.24) is 20.0 Å². The molecular weight excluding hydrogens is 529 g/mol. The van der Waals surface area contributed by atoms with Gasteiger partial charge in [0.25, 0.3) is 5.91 Å². The number of nitrogens with one attached hydrogen (secondary N) is 4. The number of rotatable bonds is 11. The van der Waals surface area contributed by atoms with Gasteiger partial charge in [-0.05, 0) is 31.0 Å². The molecule has 0 saturated heterocycles. The number of nitrogens with zero attached hydrogens (tertiary/aromatic N) is 2. The van der Waals surface area contributed by atoms with Crippen LogP contribution in [-0.4, -0.2) is 70.0 Å². The first-order valence-corrected chi connectivity index (χ1v) is 13.7. The second kappa shape index (κ2) is 12.6. The summed E-state index contributed by atoms with van der Waals surface area (Å²) < 4.78 is 77.7. The maximum absolute atomic E-state index is 13.8. The summed E-state index contributed by atoms with van der Waals surface area (Å²) in [7, 11) is -0.668. The molecule has 0 aliphatic heterocycles. The molecule has 11 nitrogen and oxygen atoms in total. The Labute approximate surface area is 219 Å². The second-order valence-corrected chi connectivity index (χ2v) is 10.6. The van der Waals surface area contributed by atoms with E-state index in [-0.39, 0.29) is 29.7 Å². The molecule has 1 amide bonds. The third-order valence-electron chi connectivity index (χ3n) is 5.85. The van der Waals surface area contributed by atoms with Crippen LogP contribution in [0.3, 0.4) is 0 Å². The maximum atomic E-state index is 13.8. The van der Waals surface area contributed by atoms with Crippen LogP contribution in [0.5, 0.6) is 5.75 Å². The van der Waals surface area contributed by atoms with Crippen molar-refractivity contribution in [3.05, 3.63) is 35.5 Å². The van der Waals surface area contributed by atoms with Gasteiger partial charge in [-0.15, -0.1) is 0 Å². The SMILES string of the molecule is COCCNC(=O)c1ccc(OC)c(Nc2ncc(C(F)(F)F)c(N[C@@H]3CCCC[C@H]3NS(C)(=O)=O)n2)c1. The van der Waals surface area contributed by atoms with E-state index in [1.807, 2.05) is 0 Å². The van der Waals surface area contributed by atoms with Crippen LogP contribution in [0.25, 0.3) is 0 Å². The first kappa shape index (κ1) is 29.4. The Bertz CT molecular complexity index is 1230. The summed E-state index contributed by atoms with van der Waals surface area (Å²) in [6.07, 6.45) is -0.729. The van der Waals surface area contributed by atoms with Gasteiger partial charge in [-0.25, -0.2) is 18.1 Å². The Morgan fingerprint density at radius 1 is 1.16 bits per heavy atom. The maximum Gasteiger partial charge on any atom is 0.421 e. The lowest BCUT2D eigenvalue weighted by Gasteiger charge is -2.33. The number of carbonyl (C=O) groups is 1. The number of anilines is 3. The van der Waals surface area contributed by atoms with Gasteiger partial charge in [-0.1, -0.05) is 12.8 Å². The van der Waals surface area contributed by atoms with E-state index < -0.39 is 39.7 Å². The normalized spacial score (nSPS) is 18.1. The summed E-state index contributed by atoms with van der Waals surface area (Å²) >= 11 is 0. The van der Waals surface area contributed by atoms with Crippen molar-refractivity contribution < 1.29 is 35.9 Å². The van der Waals surface area contributed by atoms with Crippen LogP contribution in [0.15, 0.2) is 24.4 Å². The lowest BCUT2D eigenvalue weighted by atomic mass is 9.91. The zero-order chi connectivity index (χ0) is 27.9. The molecule has 0 unspecified atom stereocenters. The number of carbonyl (C=O) groups excluding carboxylic acids is 1. The zero-order valence-corrected chi connectivity index (χ0v) is 22.0. The number of sulfonamides is 1. The van der Waals surface area contributed by atoms with Gasteiger partial charge in [0, 0.05) is 37.5 Å². The molecule has 1 heterocycles. The van der Waals surface area contributed by atoms with Crippen molar-refractivity contribution in [2.45, 2.75) is 43.9 Å². The number of benzene rings is 1. The number of aromatic nitrogens is 2. The molecular formula is C23H31F3N6O5S. The summed E-state index contributed by atoms with van der Waals surface area (Å²) in [4.78, 5) is 20.3. The van der Waals surface area contributed by atoms with E-state index in [1.165, 1.54) is 32.4 Å². The Hall–Kier alpha value is -3.17. The molecule has 0 bridgehead atoms. The number of amides is 1. The van der Waals surface area contributed by atoms with E-state index in [4.69, 9.17) is 9.47 Å². The van der Waals surface area contributed by atoms with Crippen LogP contribution in [0, 0.1) is 0 Å². The van der Waals surface area contributed by atoms with Crippen molar-refractivity contribution in [3.63, 3.8) is 0 Å². The molecule has 38 heavy (non-hydrogen) atoms. The molecule has 1 fully saturated rings. The fraction of sp³-hybridized carbons (Fsp3) is 0.522. The van der Waals surface area contributed by atoms with E-state index in [9.17, 15) is 26.4 Å². The van der Waals surface area contributed by atoms with Crippen LogP contribution in [0.1, 0.15) is 41.6 Å². The third kappa shape index (κ3) is 8.16. The van der Waals surface area contributed by atoms with E-state index in [1.54, 1.807) is 0 Å². The second-order valence-electron chi connectivity index (χ2n) is 8.77. The van der Waals surface area contributed by atoms with Crippen molar-refractivity contribution in [2.75, 3.05) is 44.3 Å². The molecule has 1 aliphatic carbocycles. The van der Waals surface area contributed by atoms with Gasteiger partial charge in [0.15, 0.2) is 0 Å². The van der Waals surface area contributed by atoms with Gasteiger partial charge >= 0.3 is 6.18 Å². The van der Waals surface area contributed by atoms with Gasteiger partial charge < -0.3 is 25.4 Å². The highest BCUT2D eigenvalue weighted by atomic mass is 32.2. The number of alkyl halides is 3. The Morgan fingerprint density at radius 2 is 1.87 bits per heavy atom. The van der Waals surface area contributed by atoms with Crippen molar-refractivity contribution in [2.24, 2.45) is 0 Å². The van der Waals surface area contributed by atoms with E-state index in [0.717, 1.165) is 12.7 Å². The number of hydrogen-bond acceptors (Lipinski definition) is 9. The van der Waals surface area contributed by atoms with Gasteiger partial charge in [0.05, 0.1) is 25.7 Å². The number of ether oxygens (including phenoxy) is 2. The Balaban J connectivity index is 1.91. The van der Waals surface area contributed by atoms with E-state index >= 15 is 0 Å². The number of hydrogen-bond donors (Lipinski definition) is 4. The molecule has 210 valence electrons. The minimum atomic E-state index is -4.76. The molecule has 3 rings (SSSR count). The highest BCUT2D eigenvalue weighted by Crippen LogP contribution is 2.36. The molecule has 4 N–H and O–H groups in total. The molecule has 2 aromatic rings. The standard InChI is InChI=1S/C23H31F3N6O5S/c1-36-11-10-27-21(33)14-8-9-19(37-2)18(12-14)30-22-28-13-15(23(24,25)26)20(31-22)29-16-6-4-5-7-17(16)32-38(3,34)35/h8-9,12-13,16-17,32H,4-7,10-11H2,1-3H3,(H,27,33)(H2,28,29,30,31)/t16-,17-/m1/s1. The van der Waals surface area contributed by atoms with Crippen molar-refractivity contribution >= 4 is 33.4 Å². The summed E-state index contributed by atoms with van der Waals surface area (Å²) in [5.41, 5.74) is -0.566. The van der Waals surface area contributed by atoms with Gasteiger partial charge in [-0.2, -0.15) is 18.2 Å². The third-order valence-corrected chi connectivity index (χ3v) is 6.58. The summed E-state index contributed by atoms with van der Waals surface area (Å²) in [6, 6.07) is 3.31. The summed E-state index contributed by atoms with van der Waals surface area (Å²) in [5.74, 6) is -0.750. The van der Waals surface area contributed by atoms with Crippen LogP contribution in [-0.2, 0) is 20.9 Å². The molecule has 1 aromatic heterocycles. The molecule has 1 aromatic carbocycles. The molecule has 2 atom stereocenters. The van der Waals surface area contributed by atoms with Gasteiger partial charge in [0.1, 0.15) is 17.1 Å². The fourth-order valence-corrected chi connectivity index (χ4v) is 4.92.